The smallest absolute Gasteiger partial charge is 0.165 e. The van der Waals surface area contributed by atoms with Gasteiger partial charge < -0.3 is 0 Å². The van der Waals surface area contributed by atoms with Crippen LogP contribution in [0.1, 0.15) is 167 Å². The molecule has 0 N–H and O–H groups in total. The van der Waals surface area contributed by atoms with E-state index in [2.05, 4.69) is 69.9 Å². The fourth-order valence-corrected chi connectivity index (χ4v) is 2.77. The Hall–Kier alpha value is -4.10. The van der Waals surface area contributed by atoms with Gasteiger partial charge in [-0.2, -0.15) is 0 Å². The first-order valence-electron chi connectivity index (χ1n) is 20.9. The van der Waals surface area contributed by atoms with E-state index >= 15 is 0 Å². The Balaban J connectivity index is -0.000000133. The molecule has 0 saturated carbocycles. The van der Waals surface area contributed by atoms with Crippen LogP contribution in [-0.4, -0.2) is 23.1 Å². The number of hydrogen-bond donors (Lipinski definition) is 0. The lowest BCUT2D eigenvalue weighted by atomic mass is 10.0. The molecule has 0 bridgehead atoms. The molecule has 0 aliphatic heterocycles. The van der Waals surface area contributed by atoms with Gasteiger partial charge in [0.2, 0.25) is 0 Å². The molecule has 318 valence electrons. The topological polar surface area (TPSA) is 68.3 Å². The van der Waals surface area contributed by atoms with E-state index in [1.807, 2.05) is 158 Å². The van der Waals surface area contributed by atoms with Crippen molar-refractivity contribution in [2.45, 2.75) is 152 Å². The van der Waals surface area contributed by atoms with Crippen molar-refractivity contribution in [3.63, 3.8) is 0 Å². The predicted molar refractivity (Wildman–Crippen MR) is 249 cm³/mol. The minimum absolute atomic E-state index is 0.0948. The van der Waals surface area contributed by atoms with Gasteiger partial charge in [-0.25, -0.2) is 0 Å². The third-order valence-corrected chi connectivity index (χ3v) is 6.79. The number of carbonyl (C=O) groups excluding carboxylic acids is 4. The van der Waals surface area contributed by atoms with Crippen LogP contribution in [0, 0.1) is 47.3 Å². The van der Waals surface area contributed by atoms with Gasteiger partial charge >= 0.3 is 0 Å². The second-order valence-electron chi connectivity index (χ2n) is 14.1. The lowest BCUT2D eigenvalue weighted by molar-refractivity contribution is -0.120. The third-order valence-electron chi connectivity index (χ3n) is 6.79. The Labute approximate surface area is 348 Å². The second kappa shape index (κ2) is 45.3. The fourth-order valence-electron chi connectivity index (χ4n) is 2.77. The van der Waals surface area contributed by atoms with Crippen molar-refractivity contribution in [3.8, 4) is 11.8 Å². The van der Waals surface area contributed by atoms with Gasteiger partial charge in [-0.1, -0.05) is 215 Å². The van der Waals surface area contributed by atoms with Gasteiger partial charge in [0.25, 0.3) is 0 Å². The normalized spacial score (nSPS) is 8.91. The molecule has 4 nitrogen and oxygen atoms in total. The molecule has 0 amide bonds. The maximum absolute atomic E-state index is 11.3. The quantitative estimate of drug-likeness (QED) is 0.177. The summed E-state index contributed by atoms with van der Waals surface area (Å²) in [5, 5.41) is 0. The Morgan fingerprint density at radius 1 is 0.446 bits per heavy atom. The highest BCUT2D eigenvalue weighted by atomic mass is 16.1. The zero-order chi connectivity index (χ0) is 45.2. The van der Waals surface area contributed by atoms with Crippen LogP contribution >= 0.6 is 0 Å². The molecule has 0 atom stereocenters. The van der Waals surface area contributed by atoms with Crippen LogP contribution in [0.15, 0.2) is 91.0 Å². The maximum atomic E-state index is 11.3. The number of rotatable bonds is 7. The molecule has 0 unspecified atom stereocenters. The third kappa shape index (κ3) is 49.9. The minimum Gasteiger partial charge on any atom is -0.300 e. The van der Waals surface area contributed by atoms with Crippen LogP contribution in [0.4, 0.5) is 0 Å². The van der Waals surface area contributed by atoms with Gasteiger partial charge in [-0.15, -0.1) is 0 Å². The fraction of sp³-hybridized carbons (Fsp3) is 0.538. The average Bonchev–Trinajstić information content (AvgIpc) is 3.18. The number of benzene rings is 3. The van der Waals surface area contributed by atoms with Crippen molar-refractivity contribution >= 4 is 23.1 Å². The molecular weight excluding hydrogens is 689 g/mol. The molecule has 3 rings (SSSR count). The van der Waals surface area contributed by atoms with Crippen molar-refractivity contribution in [2.24, 2.45) is 35.5 Å². The van der Waals surface area contributed by atoms with Crippen molar-refractivity contribution in [3.05, 3.63) is 108 Å². The van der Waals surface area contributed by atoms with E-state index in [1.165, 1.54) is 12.0 Å². The Kier molecular flexibility index (Phi) is 51.6. The highest BCUT2D eigenvalue weighted by Crippen LogP contribution is 2.07. The molecular formula is C52H86O4. The molecule has 56 heavy (non-hydrogen) atoms. The monoisotopic (exact) mass is 775 g/mol. The van der Waals surface area contributed by atoms with Crippen LogP contribution in [0.25, 0.3) is 0 Å². The highest BCUT2D eigenvalue weighted by molar-refractivity contribution is 5.97. The van der Waals surface area contributed by atoms with Crippen molar-refractivity contribution in [2.75, 3.05) is 0 Å². The Morgan fingerprint density at radius 2 is 0.732 bits per heavy atom. The molecule has 0 fully saturated rings. The van der Waals surface area contributed by atoms with Crippen molar-refractivity contribution < 1.29 is 19.2 Å². The molecule has 3 aromatic rings. The summed E-state index contributed by atoms with van der Waals surface area (Å²) in [6, 6.07) is 30.0. The minimum atomic E-state index is 0.0948. The van der Waals surface area contributed by atoms with Gasteiger partial charge in [0, 0.05) is 40.7 Å². The van der Waals surface area contributed by atoms with Crippen LogP contribution in [-0.2, 0) is 20.8 Å². The van der Waals surface area contributed by atoms with E-state index in [4.69, 9.17) is 0 Å². The first-order chi connectivity index (χ1) is 26.2. The van der Waals surface area contributed by atoms with Crippen molar-refractivity contribution in [1.29, 1.82) is 0 Å². The SMILES string of the molecule is CC.CC.CC.CC(=O)C(C)C.CC(=O)C(C)C.CC(=O)C(C)C.CC(C)C#Cc1ccccc1.CC(C)C(=O)c1ccccc1.CC(C)Cc1ccccc1. The molecule has 0 saturated heterocycles. The summed E-state index contributed by atoms with van der Waals surface area (Å²) in [7, 11) is 0. The molecule has 0 aliphatic rings. The Morgan fingerprint density at radius 3 is 0.982 bits per heavy atom. The van der Waals surface area contributed by atoms with Gasteiger partial charge in [0.15, 0.2) is 5.78 Å². The summed E-state index contributed by atoms with van der Waals surface area (Å²) in [6.07, 6.45) is 1.20. The van der Waals surface area contributed by atoms with Crippen LogP contribution < -0.4 is 0 Å². The number of Topliss-reactive ketones (excluding diaryl/α,β-unsaturated/α-hetero) is 4. The predicted octanol–water partition coefficient (Wildman–Crippen LogP) is 14.9. The van der Waals surface area contributed by atoms with E-state index in [-0.39, 0.29) is 46.8 Å². The number of ketones is 4. The molecule has 0 radical (unpaired) electrons. The second-order valence-corrected chi connectivity index (χ2v) is 14.1. The summed E-state index contributed by atoms with van der Waals surface area (Å²) in [5.41, 5.74) is 3.35. The number of hydrogen-bond acceptors (Lipinski definition) is 4. The largest absolute Gasteiger partial charge is 0.300 e. The molecule has 0 aliphatic carbocycles. The Bertz CT molecular complexity index is 1310. The summed E-state index contributed by atoms with van der Waals surface area (Å²) in [4.78, 5) is 41.8. The van der Waals surface area contributed by atoms with Crippen LogP contribution in [0.5, 0.6) is 0 Å². The zero-order valence-electron chi connectivity index (χ0n) is 40.0. The molecule has 0 spiro atoms. The van der Waals surface area contributed by atoms with Gasteiger partial charge in [0.1, 0.15) is 17.3 Å². The first-order valence-corrected chi connectivity index (χ1v) is 20.9. The van der Waals surface area contributed by atoms with Gasteiger partial charge in [0.05, 0.1) is 0 Å². The van der Waals surface area contributed by atoms with E-state index in [0.717, 1.165) is 17.0 Å². The van der Waals surface area contributed by atoms with Gasteiger partial charge in [-0.3, -0.25) is 19.2 Å². The summed E-state index contributed by atoms with van der Waals surface area (Å²) in [5.74, 6) is 9.15. The highest BCUT2D eigenvalue weighted by Gasteiger charge is 2.08. The molecule has 0 aromatic heterocycles. The average molecular weight is 775 g/mol. The summed E-state index contributed by atoms with van der Waals surface area (Å²) < 4.78 is 0. The first kappa shape index (κ1) is 63.8. The van der Waals surface area contributed by atoms with E-state index < -0.39 is 0 Å². The molecule has 0 heterocycles. The lowest BCUT2D eigenvalue weighted by Gasteiger charge is -2.02. The molecule has 4 heteroatoms. The van der Waals surface area contributed by atoms with Crippen molar-refractivity contribution in [1.82, 2.24) is 0 Å². The summed E-state index contributed by atoms with van der Waals surface area (Å²) >= 11 is 0. The van der Waals surface area contributed by atoms with Crippen LogP contribution in [0.3, 0.4) is 0 Å². The standard InChI is InChI=1S/C11H12.C10H12O.C10H14.3C5H10O.3C2H6/c1-10(2)8-9-11-6-4-3-5-7-11;1-8(2)10(11)9-6-4-3-5-7-9;1-9(2)8-10-6-4-3-5-7-10;3*1-4(2)5(3)6;3*1-2/h3-7,10H,1-2H3;3-8H,1-2H3;3-7,9H,8H2,1-2H3;3*4H,1-3H3;3*1-2H3. The van der Waals surface area contributed by atoms with Gasteiger partial charge in [-0.05, 0) is 50.8 Å². The zero-order valence-corrected chi connectivity index (χ0v) is 40.0. The molecule has 3 aromatic carbocycles. The number of carbonyl (C=O) groups is 4. The van der Waals surface area contributed by atoms with E-state index in [0.29, 0.717) is 5.92 Å². The van der Waals surface area contributed by atoms with E-state index in [9.17, 15) is 19.2 Å². The summed E-state index contributed by atoms with van der Waals surface area (Å²) in [6.45, 7) is 40.6. The lowest BCUT2D eigenvalue weighted by Crippen LogP contribution is -2.06. The van der Waals surface area contributed by atoms with E-state index in [1.54, 1.807) is 20.8 Å². The maximum Gasteiger partial charge on any atom is 0.165 e. The van der Waals surface area contributed by atoms with Crippen LogP contribution in [0.2, 0.25) is 0 Å².